The van der Waals surface area contributed by atoms with Crippen molar-refractivity contribution in [2.45, 2.75) is 62.8 Å². The zero-order valence-electron chi connectivity index (χ0n) is 19.1. The first-order chi connectivity index (χ1) is 16.4. The minimum Gasteiger partial charge on any atom is -0.293 e. The molecule has 0 aliphatic heterocycles. The molecular weight excluding hydrogens is 430 g/mol. The van der Waals surface area contributed by atoms with Crippen LogP contribution in [0.25, 0.3) is 0 Å². The fourth-order valence-corrected chi connectivity index (χ4v) is 6.68. The van der Waals surface area contributed by atoms with Crippen molar-refractivity contribution in [3.05, 3.63) is 86.7 Å². The summed E-state index contributed by atoms with van der Waals surface area (Å²) in [6, 6.07) is 15.0. The number of hydrogen-bond donors (Lipinski definition) is 2. The number of aromatic nitrogens is 3. The van der Waals surface area contributed by atoms with Crippen molar-refractivity contribution in [2.75, 3.05) is 5.32 Å². The van der Waals surface area contributed by atoms with Gasteiger partial charge in [0.05, 0.1) is 5.41 Å². The Morgan fingerprint density at radius 3 is 2.29 bits per heavy atom. The SMILES string of the molecule is C[C@]1(C(=O)Nc2n[nH]c(C3CCCCC3)n2)CC2([N+](=O)[O-])c3ccccc3C1c1ccccc12. The lowest BCUT2D eigenvalue weighted by atomic mass is 9.49. The maximum Gasteiger partial charge on any atom is 0.273 e. The molecule has 7 rings (SSSR count). The van der Waals surface area contributed by atoms with Gasteiger partial charge in [-0.05, 0) is 30.9 Å². The van der Waals surface area contributed by atoms with E-state index in [9.17, 15) is 14.9 Å². The first kappa shape index (κ1) is 21.0. The number of aromatic amines is 1. The van der Waals surface area contributed by atoms with Crippen molar-refractivity contribution in [2.24, 2.45) is 5.41 Å². The third-order valence-corrected chi connectivity index (χ3v) is 8.25. The van der Waals surface area contributed by atoms with E-state index < -0.39 is 11.0 Å². The summed E-state index contributed by atoms with van der Waals surface area (Å²) in [7, 11) is 0. The predicted octanol–water partition coefficient (Wildman–Crippen LogP) is 4.87. The number of nitrogens with zero attached hydrogens (tertiary/aromatic N) is 3. The molecule has 1 fully saturated rings. The average molecular weight is 458 g/mol. The first-order valence-electron chi connectivity index (χ1n) is 12.0. The molecule has 0 radical (unpaired) electrons. The van der Waals surface area contributed by atoms with Gasteiger partial charge in [-0.2, -0.15) is 4.98 Å². The van der Waals surface area contributed by atoms with Crippen LogP contribution in [-0.4, -0.2) is 26.0 Å². The molecule has 1 aromatic heterocycles. The molecule has 174 valence electrons. The van der Waals surface area contributed by atoms with Crippen LogP contribution in [0.5, 0.6) is 0 Å². The Kier molecular flexibility index (Phi) is 4.62. The minimum absolute atomic E-state index is 0.0808. The van der Waals surface area contributed by atoms with Crippen molar-refractivity contribution < 1.29 is 9.72 Å². The Labute approximate surface area is 197 Å². The monoisotopic (exact) mass is 457 g/mol. The number of hydrogen-bond acceptors (Lipinski definition) is 5. The highest BCUT2D eigenvalue weighted by Crippen LogP contribution is 2.63. The molecule has 1 atom stereocenters. The number of nitrogens with one attached hydrogen (secondary N) is 2. The van der Waals surface area contributed by atoms with Gasteiger partial charge in [-0.3, -0.25) is 25.3 Å². The standard InChI is InChI=1S/C26H27N5O3/c1-25(23(32)28-24-27-22(29-30-24)16-9-3-2-4-10-16)15-26(31(33)34)19-13-7-5-11-17(19)21(25)18-12-6-8-14-20(18)26/h5-8,11-14,16,21H,2-4,9-10,15H2,1H3,(H2,27,28,29,30,32)/t21?,25-,26?/m0/s1. The number of amides is 1. The fourth-order valence-electron chi connectivity index (χ4n) is 6.68. The largest absolute Gasteiger partial charge is 0.293 e. The van der Waals surface area contributed by atoms with Crippen LogP contribution in [0.3, 0.4) is 0 Å². The van der Waals surface area contributed by atoms with Crippen LogP contribution in [0.15, 0.2) is 48.5 Å². The summed E-state index contributed by atoms with van der Waals surface area (Å²) >= 11 is 0. The van der Waals surface area contributed by atoms with E-state index in [0.29, 0.717) is 17.0 Å². The van der Waals surface area contributed by atoms with Gasteiger partial charge in [0, 0.05) is 34.3 Å². The zero-order valence-corrected chi connectivity index (χ0v) is 19.1. The molecule has 0 spiro atoms. The van der Waals surface area contributed by atoms with Crippen LogP contribution in [0, 0.1) is 15.5 Å². The van der Waals surface area contributed by atoms with E-state index in [2.05, 4.69) is 20.5 Å². The molecule has 1 amide bonds. The van der Waals surface area contributed by atoms with Crippen LogP contribution < -0.4 is 5.32 Å². The topological polar surface area (TPSA) is 114 Å². The van der Waals surface area contributed by atoms with Gasteiger partial charge in [0.1, 0.15) is 5.82 Å². The maximum absolute atomic E-state index is 13.8. The second-order valence-electron chi connectivity index (χ2n) is 10.2. The Hall–Kier alpha value is -3.55. The van der Waals surface area contributed by atoms with Crippen LogP contribution in [0.1, 0.15) is 85.4 Å². The lowest BCUT2D eigenvalue weighted by Gasteiger charge is -2.52. The number of fused-ring (bicyclic) bond motifs is 1. The molecule has 4 aliphatic rings. The number of nitro groups is 1. The van der Waals surface area contributed by atoms with E-state index in [0.717, 1.165) is 29.8 Å². The summed E-state index contributed by atoms with van der Waals surface area (Å²) in [6.07, 6.45) is 5.82. The van der Waals surface area contributed by atoms with E-state index in [1.165, 1.54) is 19.3 Å². The van der Waals surface area contributed by atoms with Gasteiger partial charge >= 0.3 is 0 Å². The van der Waals surface area contributed by atoms with Gasteiger partial charge in [-0.15, -0.1) is 5.10 Å². The Bertz CT molecular complexity index is 1250. The molecule has 8 nitrogen and oxygen atoms in total. The second kappa shape index (κ2) is 7.48. The number of carbonyl (C=O) groups is 1. The first-order valence-corrected chi connectivity index (χ1v) is 12.0. The Morgan fingerprint density at radius 1 is 1.06 bits per heavy atom. The molecule has 0 unspecified atom stereocenters. The number of benzene rings is 2. The summed E-state index contributed by atoms with van der Waals surface area (Å²) in [5.41, 5.74) is 0.555. The molecule has 2 bridgehead atoms. The summed E-state index contributed by atoms with van der Waals surface area (Å²) in [5, 5.41) is 22.9. The predicted molar refractivity (Wildman–Crippen MR) is 126 cm³/mol. The second-order valence-corrected chi connectivity index (χ2v) is 10.2. The zero-order chi connectivity index (χ0) is 23.5. The van der Waals surface area contributed by atoms with Crippen LogP contribution >= 0.6 is 0 Å². The lowest BCUT2D eigenvalue weighted by Crippen LogP contribution is -2.57. The van der Waals surface area contributed by atoms with Gasteiger partial charge in [0.2, 0.25) is 11.9 Å². The fraction of sp³-hybridized carbons (Fsp3) is 0.423. The van der Waals surface area contributed by atoms with E-state index in [1.807, 2.05) is 55.5 Å². The van der Waals surface area contributed by atoms with E-state index in [4.69, 9.17) is 0 Å². The Balaban J connectivity index is 1.40. The molecule has 1 heterocycles. The van der Waals surface area contributed by atoms with Gasteiger partial charge < -0.3 is 0 Å². The molecule has 1 saturated carbocycles. The molecule has 4 aliphatic carbocycles. The lowest BCUT2D eigenvalue weighted by molar-refractivity contribution is -0.573. The molecule has 2 aromatic carbocycles. The van der Waals surface area contributed by atoms with Gasteiger partial charge in [-0.1, -0.05) is 67.8 Å². The van der Waals surface area contributed by atoms with Gasteiger partial charge in [-0.25, -0.2) is 0 Å². The third-order valence-electron chi connectivity index (χ3n) is 8.25. The van der Waals surface area contributed by atoms with Crippen LogP contribution in [-0.2, 0) is 10.3 Å². The third kappa shape index (κ3) is 2.80. The highest BCUT2D eigenvalue weighted by atomic mass is 16.6. The number of rotatable bonds is 4. The highest BCUT2D eigenvalue weighted by Gasteiger charge is 2.67. The number of anilines is 1. The van der Waals surface area contributed by atoms with E-state index in [1.54, 1.807) is 0 Å². The van der Waals surface area contributed by atoms with Crippen molar-refractivity contribution >= 4 is 11.9 Å². The molecular formula is C26H27N5O3. The van der Waals surface area contributed by atoms with Crippen LogP contribution in [0.4, 0.5) is 5.95 Å². The van der Waals surface area contributed by atoms with Crippen LogP contribution in [0.2, 0.25) is 0 Å². The van der Waals surface area contributed by atoms with E-state index >= 15 is 0 Å². The summed E-state index contributed by atoms with van der Waals surface area (Å²) in [5.74, 6) is 0.804. The molecule has 34 heavy (non-hydrogen) atoms. The summed E-state index contributed by atoms with van der Waals surface area (Å²) in [4.78, 5) is 30.9. The van der Waals surface area contributed by atoms with Crippen molar-refractivity contribution in [3.63, 3.8) is 0 Å². The molecule has 0 saturated heterocycles. The quantitative estimate of drug-likeness (QED) is 0.429. The average Bonchev–Trinajstić information content (AvgIpc) is 3.33. The maximum atomic E-state index is 13.8. The summed E-state index contributed by atoms with van der Waals surface area (Å²) < 4.78 is 0. The molecule has 3 aromatic rings. The normalized spacial score (nSPS) is 27.6. The molecule has 2 N–H and O–H groups in total. The van der Waals surface area contributed by atoms with E-state index in [-0.39, 0.29) is 29.1 Å². The summed E-state index contributed by atoms with van der Waals surface area (Å²) in [6.45, 7) is 1.84. The molecule has 8 heteroatoms. The number of carbonyl (C=O) groups excluding carboxylic acids is 1. The smallest absolute Gasteiger partial charge is 0.273 e. The Morgan fingerprint density at radius 2 is 1.68 bits per heavy atom. The van der Waals surface area contributed by atoms with Crippen molar-refractivity contribution in [3.8, 4) is 0 Å². The van der Waals surface area contributed by atoms with Gasteiger partial charge in [0.25, 0.3) is 5.54 Å². The van der Waals surface area contributed by atoms with Crippen molar-refractivity contribution in [1.29, 1.82) is 0 Å². The van der Waals surface area contributed by atoms with Gasteiger partial charge in [0.15, 0.2) is 0 Å². The van der Waals surface area contributed by atoms with Crippen molar-refractivity contribution in [1.82, 2.24) is 15.2 Å². The minimum atomic E-state index is -1.47. The number of H-pyrrole nitrogens is 1. The highest BCUT2D eigenvalue weighted by molar-refractivity contribution is 5.96.